The van der Waals surface area contributed by atoms with E-state index in [-0.39, 0.29) is 12.5 Å². The predicted octanol–water partition coefficient (Wildman–Crippen LogP) is 4.60. The zero-order valence-electron chi connectivity index (χ0n) is 19.4. The molecule has 176 valence electrons. The second-order valence-corrected chi connectivity index (χ2v) is 8.57. The Balaban J connectivity index is 1.43. The molecule has 2 aromatic carbocycles. The van der Waals surface area contributed by atoms with Crippen LogP contribution in [0.2, 0.25) is 5.02 Å². The van der Waals surface area contributed by atoms with Crippen molar-refractivity contribution in [3.05, 3.63) is 82.9 Å². The van der Waals surface area contributed by atoms with Crippen LogP contribution in [0, 0.1) is 20.8 Å². The number of aryl methyl sites for hydroxylation is 3. The summed E-state index contributed by atoms with van der Waals surface area (Å²) in [6.45, 7) is 5.79. The fourth-order valence-corrected chi connectivity index (χ4v) is 3.78. The van der Waals surface area contributed by atoms with Crippen LogP contribution in [0.3, 0.4) is 0 Å². The minimum Gasteiger partial charge on any atom is -0.484 e. The topological polar surface area (TPSA) is 99.7 Å². The third-order valence-corrected chi connectivity index (χ3v) is 5.82. The quantitative estimate of drug-likeness (QED) is 0.376. The first-order valence-corrected chi connectivity index (χ1v) is 11.3. The SMILES string of the molecule is Cc1cc(NC(=O)COc2ccc(Cl)cc2)n(-c2ncnc3c2cnn3-c2ccc(C)c(C)c2)n1. The summed E-state index contributed by atoms with van der Waals surface area (Å²) in [5.74, 6) is 1.18. The summed E-state index contributed by atoms with van der Waals surface area (Å²) in [4.78, 5) is 21.5. The molecule has 35 heavy (non-hydrogen) atoms. The highest BCUT2D eigenvalue weighted by Gasteiger charge is 2.18. The highest BCUT2D eigenvalue weighted by molar-refractivity contribution is 6.30. The second-order valence-electron chi connectivity index (χ2n) is 8.13. The van der Waals surface area contributed by atoms with Crippen molar-refractivity contribution in [3.63, 3.8) is 0 Å². The molecule has 1 N–H and O–H groups in total. The van der Waals surface area contributed by atoms with Gasteiger partial charge in [-0.3, -0.25) is 4.79 Å². The zero-order chi connectivity index (χ0) is 24.5. The van der Waals surface area contributed by atoms with E-state index in [0.717, 1.165) is 11.3 Å². The molecule has 5 aromatic rings. The Morgan fingerprint density at radius 3 is 2.57 bits per heavy atom. The van der Waals surface area contributed by atoms with Crippen LogP contribution in [-0.4, -0.2) is 42.0 Å². The number of nitrogens with one attached hydrogen (secondary N) is 1. The molecule has 0 saturated heterocycles. The number of hydrogen-bond donors (Lipinski definition) is 1. The van der Waals surface area contributed by atoms with E-state index in [0.29, 0.717) is 39.1 Å². The van der Waals surface area contributed by atoms with Crippen molar-refractivity contribution in [1.29, 1.82) is 0 Å². The maximum absolute atomic E-state index is 12.6. The molecule has 0 saturated carbocycles. The number of benzene rings is 2. The first-order valence-electron chi connectivity index (χ1n) is 10.9. The molecule has 0 aliphatic rings. The summed E-state index contributed by atoms with van der Waals surface area (Å²) in [6.07, 6.45) is 3.16. The number of fused-ring (bicyclic) bond motifs is 1. The van der Waals surface area contributed by atoms with Gasteiger partial charge in [-0.15, -0.1) is 0 Å². The van der Waals surface area contributed by atoms with Crippen molar-refractivity contribution in [3.8, 4) is 17.3 Å². The summed E-state index contributed by atoms with van der Waals surface area (Å²) in [5, 5.41) is 13.2. The average Bonchev–Trinajstić information content (AvgIpc) is 3.43. The molecule has 0 unspecified atom stereocenters. The number of carbonyl (C=O) groups excluding carboxylic acids is 1. The lowest BCUT2D eigenvalue weighted by Gasteiger charge is -2.10. The van der Waals surface area contributed by atoms with Crippen LogP contribution in [0.5, 0.6) is 5.75 Å². The fraction of sp³-hybridized carbons (Fsp3) is 0.160. The van der Waals surface area contributed by atoms with Crippen LogP contribution in [0.25, 0.3) is 22.5 Å². The monoisotopic (exact) mass is 487 g/mol. The van der Waals surface area contributed by atoms with Gasteiger partial charge in [0, 0.05) is 11.1 Å². The van der Waals surface area contributed by atoms with Gasteiger partial charge in [0.1, 0.15) is 17.9 Å². The summed E-state index contributed by atoms with van der Waals surface area (Å²) in [7, 11) is 0. The van der Waals surface area contributed by atoms with Crippen molar-refractivity contribution < 1.29 is 9.53 Å². The molecule has 0 atom stereocenters. The first-order chi connectivity index (χ1) is 16.9. The number of carbonyl (C=O) groups is 1. The Kier molecular flexibility index (Phi) is 5.92. The third kappa shape index (κ3) is 4.58. The third-order valence-electron chi connectivity index (χ3n) is 5.56. The molecule has 0 fully saturated rings. The molecule has 0 aliphatic carbocycles. The van der Waals surface area contributed by atoms with Crippen LogP contribution < -0.4 is 10.1 Å². The van der Waals surface area contributed by atoms with Crippen LogP contribution in [0.15, 0.2) is 61.1 Å². The summed E-state index contributed by atoms with van der Waals surface area (Å²) < 4.78 is 8.89. The van der Waals surface area contributed by atoms with E-state index < -0.39 is 0 Å². The maximum Gasteiger partial charge on any atom is 0.263 e. The molecule has 0 radical (unpaired) electrons. The summed E-state index contributed by atoms with van der Waals surface area (Å²) in [6, 6.07) is 14.7. The van der Waals surface area contributed by atoms with E-state index in [4.69, 9.17) is 16.3 Å². The Labute approximate surface area is 206 Å². The number of nitrogens with zero attached hydrogens (tertiary/aromatic N) is 6. The van der Waals surface area contributed by atoms with Gasteiger partial charge in [-0.05, 0) is 68.3 Å². The number of aromatic nitrogens is 6. The minimum atomic E-state index is -0.336. The summed E-state index contributed by atoms with van der Waals surface area (Å²) in [5.41, 5.74) is 4.61. The normalized spacial score (nSPS) is 11.1. The summed E-state index contributed by atoms with van der Waals surface area (Å²) >= 11 is 5.89. The number of halogens is 1. The number of hydrogen-bond acceptors (Lipinski definition) is 6. The van der Waals surface area contributed by atoms with Gasteiger partial charge in [-0.1, -0.05) is 17.7 Å². The number of anilines is 1. The highest BCUT2D eigenvalue weighted by Crippen LogP contribution is 2.25. The van der Waals surface area contributed by atoms with E-state index in [9.17, 15) is 4.79 Å². The molecule has 10 heteroatoms. The van der Waals surface area contributed by atoms with Crippen molar-refractivity contribution in [1.82, 2.24) is 29.5 Å². The molecule has 1 amide bonds. The van der Waals surface area contributed by atoms with E-state index in [2.05, 4.69) is 51.5 Å². The zero-order valence-corrected chi connectivity index (χ0v) is 20.1. The van der Waals surface area contributed by atoms with Gasteiger partial charge in [0.05, 0.1) is 23.0 Å². The number of rotatable bonds is 6. The molecule has 3 aromatic heterocycles. The van der Waals surface area contributed by atoms with E-state index >= 15 is 0 Å². The van der Waals surface area contributed by atoms with Crippen molar-refractivity contribution in [2.24, 2.45) is 0 Å². The lowest BCUT2D eigenvalue weighted by atomic mass is 10.1. The molecule has 0 bridgehead atoms. The smallest absolute Gasteiger partial charge is 0.263 e. The van der Waals surface area contributed by atoms with Gasteiger partial charge in [0.2, 0.25) is 0 Å². The maximum atomic E-state index is 12.6. The lowest BCUT2D eigenvalue weighted by molar-refractivity contribution is -0.118. The van der Waals surface area contributed by atoms with Crippen LogP contribution >= 0.6 is 11.6 Å². The molecule has 5 rings (SSSR count). The Morgan fingerprint density at radius 1 is 1.00 bits per heavy atom. The highest BCUT2D eigenvalue weighted by atomic mass is 35.5. The van der Waals surface area contributed by atoms with Gasteiger partial charge in [0.25, 0.3) is 5.91 Å². The average molecular weight is 488 g/mol. The molecule has 0 aliphatic heterocycles. The molecular formula is C25H22ClN7O2. The van der Waals surface area contributed by atoms with Crippen LogP contribution in [0.1, 0.15) is 16.8 Å². The van der Waals surface area contributed by atoms with E-state index in [1.54, 1.807) is 45.9 Å². The van der Waals surface area contributed by atoms with Crippen molar-refractivity contribution >= 4 is 34.4 Å². The largest absolute Gasteiger partial charge is 0.484 e. The van der Waals surface area contributed by atoms with Gasteiger partial charge >= 0.3 is 0 Å². The van der Waals surface area contributed by atoms with Gasteiger partial charge in [-0.2, -0.15) is 14.9 Å². The minimum absolute atomic E-state index is 0.171. The number of ether oxygens (including phenoxy) is 1. The number of amides is 1. The van der Waals surface area contributed by atoms with Crippen molar-refractivity contribution in [2.45, 2.75) is 20.8 Å². The fourth-order valence-electron chi connectivity index (χ4n) is 3.66. The second kappa shape index (κ2) is 9.19. The molecule has 3 heterocycles. The van der Waals surface area contributed by atoms with Gasteiger partial charge in [-0.25, -0.2) is 14.6 Å². The predicted molar refractivity (Wildman–Crippen MR) is 134 cm³/mol. The van der Waals surface area contributed by atoms with Crippen LogP contribution in [-0.2, 0) is 4.79 Å². The van der Waals surface area contributed by atoms with Crippen LogP contribution in [0.4, 0.5) is 5.82 Å². The Bertz CT molecular complexity index is 1540. The Morgan fingerprint density at radius 2 is 1.80 bits per heavy atom. The van der Waals surface area contributed by atoms with E-state index in [1.165, 1.54) is 11.9 Å². The van der Waals surface area contributed by atoms with Crippen molar-refractivity contribution in [2.75, 3.05) is 11.9 Å². The van der Waals surface area contributed by atoms with Gasteiger partial charge < -0.3 is 10.1 Å². The van der Waals surface area contributed by atoms with E-state index in [1.807, 2.05) is 13.0 Å². The van der Waals surface area contributed by atoms with Gasteiger partial charge in [0.15, 0.2) is 18.1 Å². The molecule has 0 spiro atoms. The lowest BCUT2D eigenvalue weighted by Crippen LogP contribution is -2.22. The molecule has 9 nitrogen and oxygen atoms in total. The standard InChI is InChI=1S/C25H22ClN7O2/c1-15-4-7-19(10-16(15)2)32-24-21(12-29-32)25(28-14-27-24)33-22(11-17(3)31-33)30-23(34)13-35-20-8-5-18(26)6-9-20/h4-12,14H,13H2,1-3H3,(H,30,34). The molecular weight excluding hydrogens is 466 g/mol. The first kappa shape index (κ1) is 22.5. The Hall–Kier alpha value is -4.24.